The van der Waals surface area contributed by atoms with E-state index in [0.717, 1.165) is 24.1 Å². The van der Waals surface area contributed by atoms with Gasteiger partial charge in [0.2, 0.25) is 6.54 Å². The van der Waals surface area contributed by atoms with Gasteiger partial charge in [0.05, 0.1) is 0 Å². The zero-order chi connectivity index (χ0) is 16.8. The minimum Gasteiger partial charge on any atom is -0.321 e. The van der Waals surface area contributed by atoms with Crippen LogP contribution in [0.4, 0.5) is 5.69 Å². The van der Waals surface area contributed by atoms with Crippen molar-refractivity contribution in [1.82, 2.24) is 0 Å². The lowest BCUT2D eigenvalue weighted by Gasteiger charge is -2.11. The van der Waals surface area contributed by atoms with Crippen LogP contribution in [0.5, 0.6) is 0 Å². The van der Waals surface area contributed by atoms with Crippen molar-refractivity contribution in [3.63, 3.8) is 0 Å². The molecule has 1 heterocycles. The topological polar surface area (TPSA) is 33.0 Å². The highest BCUT2D eigenvalue weighted by Gasteiger charge is 2.12. The fourth-order valence-corrected chi connectivity index (χ4v) is 2.82. The third kappa shape index (κ3) is 4.80. The van der Waals surface area contributed by atoms with E-state index in [1.165, 1.54) is 5.56 Å². The Balaban J connectivity index is 1.98. The van der Waals surface area contributed by atoms with Crippen molar-refractivity contribution in [2.75, 3.05) is 5.32 Å². The molecule has 0 bridgehead atoms. The predicted octanol–water partition coefficient (Wildman–Crippen LogP) is 4.48. The van der Waals surface area contributed by atoms with E-state index in [9.17, 15) is 4.79 Å². The highest BCUT2D eigenvalue weighted by atomic mass is 35.5. The molecular formula is C19H24ClN2O+. The van der Waals surface area contributed by atoms with E-state index in [0.29, 0.717) is 10.9 Å². The first-order valence-electron chi connectivity index (χ1n) is 8.08. The largest absolute Gasteiger partial charge is 0.321 e. The van der Waals surface area contributed by atoms with E-state index >= 15 is 0 Å². The first kappa shape index (κ1) is 17.5. The predicted molar refractivity (Wildman–Crippen MR) is 94.8 cm³/mol. The maximum absolute atomic E-state index is 12.1. The molecule has 4 heteroatoms. The molecule has 23 heavy (non-hydrogen) atoms. The number of hydrogen-bond donors (Lipinski definition) is 1. The Labute approximate surface area is 143 Å². The second-order valence-corrected chi connectivity index (χ2v) is 6.24. The number of aromatic nitrogens is 1. The average Bonchev–Trinajstić information content (AvgIpc) is 2.53. The lowest BCUT2D eigenvalue weighted by molar-refractivity contribution is -0.684. The normalized spacial score (nSPS) is 10.8. The fourth-order valence-electron chi connectivity index (χ4n) is 2.64. The van der Waals surface area contributed by atoms with Crippen LogP contribution in [-0.2, 0) is 11.3 Å². The van der Waals surface area contributed by atoms with Gasteiger partial charge in [-0.3, -0.25) is 4.79 Å². The van der Waals surface area contributed by atoms with Crippen LogP contribution in [0.3, 0.4) is 0 Å². The summed E-state index contributed by atoms with van der Waals surface area (Å²) in [5.74, 6) is 0.526. The van der Waals surface area contributed by atoms with Crippen molar-refractivity contribution < 1.29 is 9.36 Å². The van der Waals surface area contributed by atoms with Crippen LogP contribution in [0.1, 0.15) is 43.7 Å². The maximum atomic E-state index is 12.1. The fraction of sp³-hybridized carbons (Fsp3) is 0.368. The lowest BCUT2D eigenvalue weighted by Crippen LogP contribution is -2.39. The van der Waals surface area contributed by atoms with Gasteiger partial charge in [0.15, 0.2) is 12.4 Å². The molecule has 122 valence electrons. The minimum atomic E-state index is -0.0646. The third-order valence-electron chi connectivity index (χ3n) is 4.16. The summed E-state index contributed by atoms with van der Waals surface area (Å²) in [5, 5.41) is 3.53. The first-order valence-corrected chi connectivity index (χ1v) is 8.46. The molecule has 0 unspecified atom stereocenters. The number of benzene rings is 1. The number of hydrogen-bond acceptors (Lipinski definition) is 1. The summed E-state index contributed by atoms with van der Waals surface area (Å²) < 4.78 is 1.89. The zero-order valence-corrected chi connectivity index (χ0v) is 14.7. The van der Waals surface area contributed by atoms with Gasteiger partial charge in [-0.05, 0) is 48.9 Å². The number of anilines is 1. The summed E-state index contributed by atoms with van der Waals surface area (Å²) in [5.41, 5.74) is 3.05. The Morgan fingerprint density at radius 2 is 1.83 bits per heavy atom. The smallest absolute Gasteiger partial charge is 0.290 e. The number of amides is 1. The van der Waals surface area contributed by atoms with E-state index in [4.69, 9.17) is 11.6 Å². The van der Waals surface area contributed by atoms with Crippen molar-refractivity contribution in [2.24, 2.45) is 0 Å². The van der Waals surface area contributed by atoms with Gasteiger partial charge in [0.1, 0.15) is 0 Å². The highest BCUT2D eigenvalue weighted by molar-refractivity contribution is 6.31. The van der Waals surface area contributed by atoms with Gasteiger partial charge in [-0.15, -0.1) is 0 Å². The molecule has 2 rings (SSSR count). The van der Waals surface area contributed by atoms with Crippen molar-refractivity contribution in [3.05, 3.63) is 58.9 Å². The zero-order valence-electron chi connectivity index (χ0n) is 14.0. The molecule has 0 saturated heterocycles. The molecule has 0 spiro atoms. The van der Waals surface area contributed by atoms with E-state index in [1.54, 1.807) is 6.07 Å². The average molecular weight is 332 g/mol. The molecule has 0 fully saturated rings. The Kier molecular flexibility index (Phi) is 6.17. The molecule has 3 nitrogen and oxygen atoms in total. The van der Waals surface area contributed by atoms with E-state index in [2.05, 4.69) is 31.3 Å². The number of pyridine rings is 1. The number of nitrogens with one attached hydrogen (secondary N) is 1. The Bertz CT molecular complexity index is 664. The summed E-state index contributed by atoms with van der Waals surface area (Å²) in [6.07, 6.45) is 6.20. The number of halogens is 1. The van der Waals surface area contributed by atoms with Gasteiger partial charge in [0, 0.05) is 22.8 Å². The summed E-state index contributed by atoms with van der Waals surface area (Å²) in [4.78, 5) is 12.1. The van der Waals surface area contributed by atoms with Crippen molar-refractivity contribution in [3.8, 4) is 0 Å². The Hall–Kier alpha value is -1.87. The van der Waals surface area contributed by atoms with Gasteiger partial charge < -0.3 is 5.32 Å². The first-order chi connectivity index (χ1) is 11.0. The SMILES string of the molecule is CCC(CC)c1cc[n+](CC(=O)Nc2ccc(C)c(Cl)c2)cc1. The van der Waals surface area contributed by atoms with Crippen LogP contribution >= 0.6 is 11.6 Å². The number of carbonyl (C=O) groups excluding carboxylic acids is 1. The molecular weight excluding hydrogens is 308 g/mol. The van der Waals surface area contributed by atoms with E-state index in [-0.39, 0.29) is 12.5 Å². The van der Waals surface area contributed by atoms with Crippen molar-refractivity contribution >= 4 is 23.2 Å². The van der Waals surface area contributed by atoms with Crippen LogP contribution in [0.25, 0.3) is 0 Å². The van der Waals surface area contributed by atoms with E-state index < -0.39 is 0 Å². The number of aryl methyl sites for hydroxylation is 1. The van der Waals surface area contributed by atoms with Gasteiger partial charge >= 0.3 is 0 Å². The van der Waals surface area contributed by atoms with Crippen molar-refractivity contribution in [1.29, 1.82) is 0 Å². The van der Waals surface area contributed by atoms with Crippen LogP contribution in [0.15, 0.2) is 42.7 Å². The monoisotopic (exact) mass is 331 g/mol. The van der Waals surface area contributed by atoms with Gasteiger partial charge in [-0.1, -0.05) is 31.5 Å². The summed E-state index contributed by atoms with van der Waals surface area (Å²) in [6, 6.07) is 9.74. The Morgan fingerprint density at radius 3 is 2.39 bits per heavy atom. The Morgan fingerprint density at radius 1 is 1.17 bits per heavy atom. The molecule has 0 atom stereocenters. The number of nitrogens with zero attached hydrogens (tertiary/aromatic N) is 1. The van der Waals surface area contributed by atoms with Crippen LogP contribution in [0, 0.1) is 6.92 Å². The summed E-state index contributed by atoms with van der Waals surface area (Å²) >= 11 is 6.08. The maximum Gasteiger partial charge on any atom is 0.290 e. The quantitative estimate of drug-likeness (QED) is 0.778. The molecule has 1 aromatic heterocycles. The van der Waals surface area contributed by atoms with Gasteiger partial charge in [0.25, 0.3) is 5.91 Å². The van der Waals surface area contributed by atoms with E-state index in [1.807, 2.05) is 36.0 Å². The second-order valence-electron chi connectivity index (χ2n) is 5.83. The summed E-state index contributed by atoms with van der Waals surface area (Å²) in [6.45, 7) is 6.63. The van der Waals surface area contributed by atoms with Crippen molar-refractivity contribution in [2.45, 2.75) is 46.1 Å². The van der Waals surface area contributed by atoms with Gasteiger partial charge in [-0.25, -0.2) is 0 Å². The number of carbonyl (C=O) groups is 1. The second kappa shape index (κ2) is 8.11. The minimum absolute atomic E-state index is 0.0646. The van der Waals surface area contributed by atoms with Gasteiger partial charge in [-0.2, -0.15) is 4.57 Å². The lowest BCUT2D eigenvalue weighted by atomic mass is 9.95. The van der Waals surface area contributed by atoms with Crippen LogP contribution < -0.4 is 9.88 Å². The van der Waals surface area contributed by atoms with Crippen LogP contribution in [-0.4, -0.2) is 5.91 Å². The molecule has 0 radical (unpaired) electrons. The standard InChI is InChI=1S/C19H23ClN2O/c1-4-15(5-2)16-8-10-22(11-9-16)13-19(23)21-17-7-6-14(3)18(20)12-17/h6-12,15H,4-5,13H2,1-3H3/p+1. The molecule has 0 aliphatic heterocycles. The molecule has 2 aromatic rings. The molecule has 0 saturated carbocycles. The van der Waals surface area contributed by atoms with Crippen LogP contribution in [0.2, 0.25) is 5.02 Å². The third-order valence-corrected chi connectivity index (χ3v) is 4.56. The number of rotatable bonds is 6. The molecule has 1 N–H and O–H groups in total. The molecule has 0 aliphatic carbocycles. The molecule has 0 aliphatic rings. The highest BCUT2D eigenvalue weighted by Crippen LogP contribution is 2.21. The summed E-state index contributed by atoms with van der Waals surface area (Å²) in [7, 11) is 0. The molecule has 1 aromatic carbocycles. The molecule has 1 amide bonds.